The van der Waals surface area contributed by atoms with Gasteiger partial charge in [0.05, 0.1) is 0 Å². The molecule has 0 aliphatic carbocycles. The number of benzene rings is 2. The summed E-state index contributed by atoms with van der Waals surface area (Å²) < 4.78 is 0. The molecule has 0 aromatic heterocycles. The lowest BCUT2D eigenvalue weighted by molar-refractivity contribution is 0.866. The van der Waals surface area contributed by atoms with Gasteiger partial charge in [0.15, 0.2) is 0 Å². The molecule has 2 rings (SSSR count). The van der Waals surface area contributed by atoms with Gasteiger partial charge in [-0.05, 0) is 55.7 Å². The number of rotatable bonds is 7. The molecule has 0 fully saturated rings. The van der Waals surface area contributed by atoms with Gasteiger partial charge in [-0.25, -0.2) is 0 Å². The molecule has 1 N–H and O–H groups in total. The van der Waals surface area contributed by atoms with Gasteiger partial charge in [-0.15, -0.1) is 0 Å². The fourth-order valence-electron chi connectivity index (χ4n) is 2.48. The molecule has 2 nitrogen and oxygen atoms in total. The molecule has 112 valence electrons. The molecular formula is C19H26N2. The van der Waals surface area contributed by atoms with Crippen LogP contribution in [0.5, 0.6) is 0 Å². The van der Waals surface area contributed by atoms with E-state index in [0.717, 1.165) is 26.1 Å². The molecule has 0 spiro atoms. The Morgan fingerprint density at radius 3 is 1.86 bits per heavy atom. The van der Waals surface area contributed by atoms with Crippen LogP contribution in [0.25, 0.3) is 0 Å². The van der Waals surface area contributed by atoms with Crippen LogP contribution in [0.15, 0.2) is 48.5 Å². The van der Waals surface area contributed by atoms with Crippen molar-refractivity contribution in [2.75, 3.05) is 23.3 Å². The minimum atomic E-state index is 0.870. The normalized spacial score (nSPS) is 10.4. The highest BCUT2D eigenvalue weighted by Gasteiger charge is 2.01. The van der Waals surface area contributed by atoms with Crippen molar-refractivity contribution in [3.8, 4) is 0 Å². The van der Waals surface area contributed by atoms with Crippen molar-refractivity contribution in [3.05, 3.63) is 59.7 Å². The monoisotopic (exact) mass is 282 g/mol. The lowest BCUT2D eigenvalue weighted by Crippen LogP contribution is -2.21. The molecule has 0 unspecified atom stereocenters. The Balaban J connectivity index is 1.93. The van der Waals surface area contributed by atoms with Crippen LogP contribution in [0.3, 0.4) is 0 Å². The summed E-state index contributed by atoms with van der Waals surface area (Å²) in [7, 11) is 0. The van der Waals surface area contributed by atoms with Crippen molar-refractivity contribution >= 4 is 11.4 Å². The first-order valence-corrected chi connectivity index (χ1v) is 7.93. The number of nitrogens with zero attached hydrogens (tertiary/aromatic N) is 1. The highest BCUT2D eigenvalue weighted by molar-refractivity contribution is 5.55. The van der Waals surface area contributed by atoms with E-state index >= 15 is 0 Å². The maximum absolute atomic E-state index is 3.48. The van der Waals surface area contributed by atoms with Crippen LogP contribution >= 0.6 is 0 Å². The largest absolute Gasteiger partial charge is 0.381 e. The first-order valence-electron chi connectivity index (χ1n) is 7.93. The van der Waals surface area contributed by atoms with Crippen molar-refractivity contribution in [2.24, 2.45) is 0 Å². The van der Waals surface area contributed by atoms with Gasteiger partial charge in [0, 0.05) is 31.0 Å². The second kappa shape index (κ2) is 7.72. The Bertz CT molecular complexity index is 524. The van der Waals surface area contributed by atoms with Crippen LogP contribution in [0.4, 0.5) is 11.4 Å². The molecule has 2 aromatic rings. The minimum absolute atomic E-state index is 0.870. The van der Waals surface area contributed by atoms with Crippen LogP contribution in [0.1, 0.15) is 31.9 Å². The molecule has 0 saturated heterocycles. The maximum atomic E-state index is 3.48. The molecule has 21 heavy (non-hydrogen) atoms. The van der Waals surface area contributed by atoms with E-state index in [2.05, 4.69) is 79.5 Å². The van der Waals surface area contributed by atoms with Gasteiger partial charge >= 0.3 is 0 Å². The van der Waals surface area contributed by atoms with Gasteiger partial charge in [0.25, 0.3) is 0 Å². The Labute approximate surface area is 128 Å². The Hall–Kier alpha value is -1.96. The van der Waals surface area contributed by atoms with Crippen LogP contribution < -0.4 is 10.2 Å². The third-order valence-corrected chi connectivity index (χ3v) is 3.92. The predicted octanol–water partition coefficient (Wildman–Crippen LogP) is 4.71. The molecular weight excluding hydrogens is 256 g/mol. The molecule has 0 radical (unpaired) electrons. The van der Waals surface area contributed by atoms with Gasteiger partial charge in [0.2, 0.25) is 0 Å². The van der Waals surface area contributed by atoms with E-state index in [4.69, 9.17) is 0 Å². The zero-order valence-corrected chi connectivity index (χ0v) is 13.4. The van der Waals surface area contributed by atoms with E-state index in [9.17, 15) is 0 Å². The van der Waals surface area contributed by atoms with Gasteiger partial charge < -0.3 is 10.2 Å². The zero-order valence-electron chi connectivity index (χ0n) is 13.4. The summed E-state index contributed by atoms with van der Waals surface area (Å²) in [4.78, 5) is 2.35. The average molecular weight is 282 g/mol. The minimum Gasteiger partial charge on any atom is -0.381 e. The number of nitrogens with one attached hydrogen (secondary N) is 1. The maximum Gasteiger partial charge on any atom is 0.0400 e. The molecule has 0 aliphatic heterocycles. The summed E-state index contributed by atoms with van der Waals surface area (Å²) in [5, 5.41) is 3.48. The van der Waals surface area contributed by atoms with E-state index in [0.29, 0.717) is 0 Å². The lowest BCUT2D eigenvalue weighted by Gasteiger charge is -2.21. The van der Waals surface area contributed by atoms with Crippen molar-refractivity contribution in [3.63, 3.8) is 0 Å². The number of anilines is 2. The Morgan fingerprint density at radius 2 is 1.33 bits per heavy atom. The second-order valence-corrected chi connectivity index (χ2v) is 5.24. The summed E-state index contributed by atoms with van der Waals surface area (Å²) in [6.45, 7) is 9.53. The van der Waals surface area contributed by atoms with E-state index in [1.165, 1.54) is 22.5 Å². The van der Waals surface area contributed by atoms with E-state index in [-0.39, 0.29) is 0 Å². The second-order valence-electron chi connectivity index (χ2n) is 5.24. The summed E-state index contributed by atoms with van der Waals surface area (Å²) in [5.74, 6) is 0. The third-order valence-electron chi connectivity index (χ3n) is 3.92. The molecule has 0 saturated carbocycles. The van der Waals surface area contributed by atoms with Gasteiger partial charge in [0.1, 0.15) is 0 Å². The average Bonchev–Trinajstić information content (AvgIpc) is 2.55. The molecule has 0 amide bonds. The number of hydrogen-bond donors (Lipinski definition) is 1. The standard InChI is InChI=1S/C19H26N2/c1-4-16-7-9-17(10-8-16)15-20-18-11-13-19(14-12-18)21(5-2)6-3/h7-14,20H,4-6,15H2,1-3H3. The highest BCUT2D eigenvalue weighted by Crippen LogP contribution is 2.18. The van der Waals surface area contributed by atoms with Gasteiger partial charge in [-0.2, -0.15) is 0 Å². The fraction of sp³-hybridized carbons (Fsp3) is 0.368. The fourth-order valence-corrected chi connectivity index (χ4v) is 2.48. The van der Waals surface area contributed by atoms with E-state index in [1.54, 1.807) is 0 Å². The SMILES string of the molecule is CCc1ccc(CNc2ccc(N(CC)CC)cc2)cc1. The van der Waals surface area contributed by atoms with Crippen LogP contribution in [-0.4, -0.2) is 13.1 Å². The first-order chi connectivity index (χ1) is 10.3. The third kappa shape index (κ3) is 4.25. The van der Waals surface area contributed by atoms with Gasteiger partial charge in [-0.3, -0.25) is 0 Å². The van der Waals surface area contributed by atoms with E-state index < -0.39 is 0 Å². The highest BCUT2D eigenvalue weighted by atomic mass is 15.1. The van der Waals surface area contributed by atoms with Crippen LogP contribution in [0.2, 0.25) is 0 Å². The van der Waals surface area contributed by atoms with Crippen molar-refractivity contribution in [2.45, 2.75) is 33.7 Å². The molecule has 2 heteroatoms. The first kappa shape index (κ1) is 15.4. The zero-order chi connectivity index (χ0) is 15.1. The molecule has 0 aliphatic rings. The molecule has 0 bridgehead atoms. The predicted molar refractivity (Wildman–Crippen MR) is 93.1 cm³/mol. The molecule has 0 atom stereocenters. The number of hydrogen-bond acceptors (Lipinski definition) is 2. The molecule has 0 heterocycles. The Kier molecular flexibility index (Phi) is 5.68. The number of aryl methyl sites for hydroxylation is 1. The summed E-state index contributed by atoms with van der Waals surface area (Å²) in [6.07, 6.45) is 1.10. The van der Waals surface area contributed by atoms with E-state index in [1.807, 2.05) is 0 Å². The lowest BCUT2D eigenvalue weighted by atomic mass is 10.1. The summed E-state index contributed by atoms with van der Waals surface area (Å²) in [6, 6.07) is 17.5. The smallest absolute Gasteiger partial charge is 0.0400 e. The van der Waals surface area contributed by atoms with Crippen LogP contribution in [-0.2, 0) is 13.0 Å². The molecule has 2 aromatic carbocycles. The summed E-state index contributed by atoms with van der Waals surface area (Å²) in [5.41, 5.74) is 5.17. The van der Waals surface area contributed by atoms with Crippen molar-refractivity contribution < 1.29 is 0 Å². The topological polar surface area (TPSA) is 15.3 Å². The van der Waals surface area contributed by atoms with Gasteiger partial charge in [-0.1, -0.05) is 31.2 Å². The summed E-state index contributed by atoms with van der Waals surface area (Å²) >= 11 is 0. The Morgan fingerprint density at radius 1 is 0.762 bits per heavy atom. The van der Waals surface area contributed by atoms with Crippen molar-refractivity contribution in [1.82, 2.24) is 0 Å². The van der Waals surface area contributed by atoms with Crippen LogP contribution in [0, 0.1) is 0 Å². The quantitative estimate of drug-likeness (QED) is 0.791. The van der Waals surface area contributed by atoms with Crippen molar-refractivity contribution in [1.29, 1.82) is 0 Å².